The van der Waals surface area contributed by atoms with Crippen molar-refractivity contribution in [1.29, 1.82) is 0 Å². The fourth-order valence-corrected chi connectivity index (χ4v) is 1.12. The number of para-hydroxylation sites is 1. The molecule has 0 saturated heterocycles. The monoisotopic (exact) mass is 193 g/mol. The van der Waals surface area contributed by atoms with E-state index in [1.165, 1.54) is 0 Å². The molecule has 0 atom stereocenters. The normalized spacial score (nSPS) is 9.43. The molecule has 0 unspecified atom stereocenters. The molecule has 1 aromatic rings. The molecule has 4 heteroatoms. The minimum absolute atomic E-state index is 0.197. The number of hydrogen-bond acceptors (Lipinski definition) is 2. The molecule has 0 heterocycles. The zero-order valence-corrected chi connectivity index (χ0v) is 7.59. The molecule has 1 aromatic carbocycles. The van der Waals surface area contributed by atoms with Gasteiger partial charge in [-0.1, -0.05) is 18.2 Å². The average Bonchev–Trinajstić information content (AvgIpc) is 2.19. The molecular weight excluding hydrogens is 182 g/mol. The number of amides is 1. The molecule has 0 fully saturated rings. The van der Waals surface area contributed by atoms with E-state index in [4.69, 9.17) is 5.11 Å². The van der Waals surface area contributed by atoms with Crippen molar-refractivity contribution in [2.45, 2.75) is 6.42 Å². The minimum atomic E-state index is -1.04. The van der Waals surface area contributed by atoms with Gasteiger partial charge in [-0.25, -0.2) is 4.79 Å². The SMILES string of the molecule is O=CCCN(C(=O)O)c1ccccc1. The molecule has 0 bridgehead atoms. The second-order valence-electron chi connectivity index (χ2n) is 2.73. The summed E-state index contributed by atoms with van der Waals surface area (Å²) in [5.74, 6) is 0. The maximum absolute atomic E-state index is 10.8. The summed E-state index contributed by atoms with van der Waals surface area (Å²) < 4.78 is 0. The topological polar surface area (TPSA) is 57.6 Å². The highest BCUT2D eigenvalue weighted by Crippen LogP contribution is 2.13. The van der Waals surface area contributed by atoms with Crippen LogP contribution >= 0.6 is 0 Å². The van der Waals surface area contributed by atoms with Crippen molar-refractivity contribution < 1.29 is 14.7 Å². The molecule has 0 aromatic heterocycles. The van der Waals surface area contributed by atoms with Crippen LogP contribution in [-0.4, -0.2) is 24.0 Å². The lowest BCUT2D eigenvalue weighted by Gasteiger charge is -2.17. The van der Waals surface area contributed by atoms with Crippen LogP contribution in [0.25, 0.3) is 0 Å². The van der Waals surface area contributed by atoms with Crippen molar-refractivity contribution in [2.75, 3.05) is 11.4 Å². The first-order chi connectivity index (χ1) is 6.75. The molecule has 0 radical (unpaired) electrons. The number of carbonyl (C=O) groups excluding carboxylic acids is 1. The zero-order chi connectivity index (χ0) is 10.4. The van der Waals surface area contributed by atoms with Crippen LogP contribution in [0.1, 0.15) is 6.42 Å². The van der Waals surface area contributed by atoms with Gasteiger partial charge in [-0.15, -0.1) is 0 Å². The molecule has 0 saturated carbocycles. The maximum atomic E-state index is 10.8. The van der Waals surface area contributed by atoms with Crippen LogP contribution in [0.2, 0.25) is 0 Å². The number of rotatable bonds is 4. The van der Waals surface area contributed by atoms with Crippen molar-refractivity contribution in [3.05, 3.63) is 30.3 Å². The fourth-order valence-electron chi connectivity index (χ4n) is 1.12. The fraction of sp³-hybridized carbons (Fsp3) is 0.200. The van der Waals surface area contributed by atoms with Crippen molar-refractivity contribution in [3.63, 3.8) is 0 Å². The van der Waals surface area contributed by atoms with Gasteiger partial charge in [-0.05, 0) is 12.1 Å². The lowest BCUT2D eigenvalue weighted by atomic mass is 10.3. The van der Waals surface area contributed by atoms with E-state index in [0.717, 1.165) is 4.90 Å². The first-order valence-electron chi connectivity index (χ1n) is 4.25. The van der Waals surface area contributed by atoms with Crippen molar-refractivity contribution in [1.82, 2.24) is 0 Å². The van der Waals surface area contributed by atoms with E-state index in [-0.39, 0.29) is 13.0 Å². The molecule has 4 nitrogen and oxygen atoms in total. The van der Waals surface area contributed by atoms with E-state index in [0.29, 0.717) is 12.0 Å². The summed E-state index contributed by atoms with van der Waals surface area (Å²) in [4.78, 5) is 22.1. The molecule has 14 heavy (non-hydrogen) atoms. The second kappa shape index (κ2) is 5.01. The first-order valence-corrected chi connectivity index (χ1v) is 4.25. The van der Waals surface area contributed by atoms with Crippen LogP contribution < -0.4 is 4.90 Å². The van der Waals surface area contributed by atoms with Gasteiger partial charge in [-0.3, -0.25) is 4.90 Å². The number of anilines is 1. The molecule has 0 aliphatic carbocycles. The van der Waals surface area contributed by atoms with Crippen LogP contribution in [0.4, 0.5) is 10.5 Å². The largest absolute Gasteiger partial charge is 0.465 e. The highest BCUT2D eigenvalue weighted by Gasteiger charge is 2.12. The smallest absolute Gasteiger partial charge is 0.411 e. The van der Waals surface area contributed by atoms with Gasteiger partial charge in [0.25, 0.3) is 0 Å². The van der Waals surface area contributed by atoms with E-state index in [2.05, 4.69) is 0 Å². The molecule has 1 N–H and O–H groups in total. The molecule has 74 valence electrons. The Morgan fingerprint density at radius 1 is 1.36 bits per heavy atom. The maximum Gasteiger partial charge on any atom is 0.411 e. The molecular formula is C10H11NO3. The Morgan fingerprint density at radius 3 is 2.50 bits per heavy atom. The summed E-state index contributed by atoms with van der Waals surface area (Å²) in [6.45, 7) is 0.197. The number of benzene rings is 1. The van der Waals surface area contributed by atoms with Gasteiger partial charge >= 0.3 is 6.09 Å². The molecule has 1 rings (SSSR count). The summed E-state index contributed by atoms with van der Waals surface area (Å²) in [5, 5.41) is 8.86. The van der Waals surface area contributed by atoms with Gasteiger partial charge in [0.1, 0.15) is 6.29 Å². The van der Waals surface area contributed by atoms with Crippen LogP contribution in [0.3, 0.4) is 0 Å². The summed E-state index contributed by atoms with van der Waals surface area (Å²) >= 11 is 0. The van der Waals surface area contributed by atoms with Gasteiger partial charge in [0.15, 0.2) is 0 Å². The van der Waals surface area contributed by atoms with E-state index in [1.807, 2.05) is 6.07 Å². The number of aldehydes is 1. The Morgan fingerprint density at radius 2 is 2.00 bits per heavy atom. The lowest BCUT2D eigenvalue weighted by Crippen LogP contribution is -2.30. The van der Waals surface area contributed by atoms with Crippen LogP contribution in [0.15, 0.2) is 30.3 Å². The van der Waals surface area contributed by atoms with Gasteiger partial charge < -0.3 is 9.90 Å². The Hall–Kier alpha value is -1.84. The van der Waals surface area contributed by atoms with Crippen molar-refractivity contribution in [3.8, 4) is 0 Å². The summed E-state index contributed by atoms with van der Waals surface area (Å²) in [6.07, 6.45) is -0.127. The summed E-state index contributed by atoms with van der Waals surface area (Å²) in [5.41, 5.74) is 0.585. The lowest BCUT2D eigenvalue weighted by molar-refractivity contribution is -0.107. The van der Waals surface area contributed by atoms with E-state index in [1.54, 1.807) is 24.3 Å². The third-order valence-electron chi connectivity index (χ3n) is 1.77. The Labute approximate surface area is 81.8 Å². The number of hydrogen-bond donors (Lipinski definition) is 1. The summed E-state index contributed by atoms with van der Waals surface area (Å²) in [7, 11) is 0. The molecule has 0 spiro atoms. The quantitative estimate of drug-likeness (QED) is 0.741. The summed E-state index contributed by atoms with van der Waals surface area (Å²) in [6, 6.07) is 8.71. The first kappa shape index (κ1) is 10.2. The highest BCUT2D eigenvalue weighted by atomic mass is 16.4. The Kier molecular flexibility index (Phi) is 3.67. The van der Waals surface area contributed by atoms with E-state index in [9.17, 15) is 9.59 Å². The second-order valence-corrected chi connectivity index (χ2v) is 2.73. The predicted molar refractivity (Wildman–Crippen MR) is 52.5 cm³/mol. The van der Waals surface area contributed by atoms with Gasteiger partial charge in [0.2, 0.25) is 0 Å². The third kappa shape index (κ3) is 2.58. The van der Waals surface area contributed by atoms with Crippen LogP contribution in [0.5, 0.6) is 0 Å². The Balaban J connectivity index is 2.78. The number of carbonyl (C=O) groups is 2. The third-order valence-corrected chi connectivity index (χ3v) is 1.77. The predicted octanol–water partition coefficient (Wildman–Crippen LogP) is 1.76. The van der Waals surface area contributed by atoms with E-state index < -0.39 is 6.09 Å². The number of carboxylic acid groups (broad SMARTS) is 1. The van der Waals surface area contributed by atoms with Crippen molar-refractivity contribution >= 4 is 18.1 Å². The van der Waals surface area contributed by atoms with Gasteiger partial charge in [0.05, 0.1) is 0 Å². The highest BCUT2D eigenvalue weighted by molar-refractivity contribution is 5.86. The van der Waals surface area contributed by atoms with Crippen LogP contribution in [0, 0.1) is 0 Å². The zero-order valence-electron chi connectivity index (χ0n) is 7.59. The van der Waals surface area contributed by atoms with Gasteiger partial charge in [-0.2, -0.15) is 0 Å². The molecule has 0 aliphatic rings. The minimum Gasteiger partial charge on any atom is -0.465 e. The van der Waals surface area contributed by atoms with E-state index >= 15 is 0 Å². The average molecular weight is 193 g/mol. The molecule has 1 amide bonds. The standard InChI is InChI=1S/C10H11NO3/c12-8-4-7-11(10(13)14)9-5-2-1-3-6-9/h1-3,5-6,8H,4,7H2,(H,13,14). The number of nitrogens with zero attached hydrogens (tertiary/aromatic N) is 1. The van der Waals surface area contributed by atoms with Crippen molar-refractivity contribution in [2.24, 2.45) is 0 Å². The molecule has 0 aliphatic heterocycles. The Bertz CT molecular complexity index is 310. The van der Waals surface area contributed by atoms with Gasteiger partial charge in [0, 0.05) is 18.7 Å². The van der Waals surface area contributed by atoms with Crippen LogP contribution in [-0.2, 0) is 4.79 Å².